The molecule has 0 aliphatic heterocycles. The Kier molecular flexibility index (Phi) is 3.44. The number of hydrogen-bond acceptors (Lipinski definition) is 1. The summed E-state index contributed by atoms with van der Waals surface area (Å²) in [6.07, 6.45) is -4.47. The minimum Gasteiger partial charge on any atom is -0.316 e. The molecule has 1 aromatic rings. The van der Waals surface area contributed by atoms with Gasteiger partial charge in [0, 0.05) is 9.50 Å². The summed E-state index contributed by atoms with van der Waals surface area (Å²) in [5.41, 5.74) is 4.96. The van der Waals surface area contributed by atoms with Gasteiger partial charge < -0.3 is 5.73 Å². The van der Waals surface area contributed by atoms with Gasteiger partial charge in [-0.2, -0.15) is 13.2 Å². The molecule has 0 fully saturated rings. The van der Waals surface area contributed by atoms with E-state index in [1.54, 1.807) is 0 Å². The average molecular weight is 288 g/mol. The van der Waals surface area contributed by atoms with E-state index in [1.807, 2.05) is 0 Å². The first kappa shape index (κ1) is 11.8. The molecule has 0 saturated carbocycles. The largest absolute Gasteiger partial charge is 0.407 e. The van der Waals surface area contributed by atoms with Crippen molar-refractivity contribution in [3.8, 4) is 0 Å². The number of hydrogen-bond donors (Lipinski definition) is 1. The highest BCUT2D eigenvalue weighted by Crippen LogP contribution is 2.35. The monoisotopic (exact) mass is 287 g/mol. The van der Waals surface area contributed by atoms with Crippen LogP contribution in [0.5, 0.6) is 0 Å². The van der Waals surface area contributed by atoms with E-state index in [0.717, 1.165) is 0 Å². The summed E-state index contributed by atoms with van der Waals surface area (Å²) in [6, 6.07) is 2.10. The lowest BCUT2D eigenvalue weighted by atomic mass is 10.1. The third kappa shape index (κ3) is 2.62. The van der Waals surface area contributed by atoms with E-state index in [2.05, 4.69) is 15.9 Å². The highest BCUT2D eigenvalue weighted by atomic mass is 79.9. The van der Waals surface area contributed by atoms with E-state index >= 15 is 0 Å². The highest BCUT2D eigenvalue weighted by molar-refractivity contribution is 9.10. The van der Waals surface area contributed by atoms with Gasteiger partial charge in [-0.1, -0.05) is 27.5 Å². The summed E-state index contributed by atoms with van der Waals surface area (Å²) in [4.78, 5) is 0. The topological polar surface area (TPSA) is 26.0 Å². The first-order chi connectivity index (χ1) is 6.32. The average Bonchev–Trinajstić information content (AvgIpc) is 2.06. The fourth-order valence-corrected chi connectivity index (χ4v) is 1.60. The van der Waals surface area contributed by atoms with Crippen molar-refractivity contribution in [2.45, 2.75) is 12.2 Å². The van der Waals surface area contributed by atoms with Crippen molar-refractivity contribution < 1.29 is 13.2 Å². The second-order valence-electron chi connectivity index (χ2n) is 2.69. The second kappa shape index (κ2) is 4.08. The molecule has 0 unspecified atom stereocenters. The van der Waals surface area contributed by atoms with E-state index in [9.17, 15) is 13.2 Å². The first-order valence-electron chi connectivity index (χ1n) is 3.59. The predicted octanol–water partition coefficient (Wildman–Crippen LogP) is 3.66. The zero-order valence-corrected chi connectivity index (χ0v) is 9.12. The molecule has 0 saturated heterocycles. The number of halogens is 5. The van der Waals surface area contributed by atoms with E-state index in [1.165, 1.54) is 18.2 Å². The van der Waals surface area contributed by atoms with Gasteiger partial charge in [-0.25, -0.2) is 0 Å². The van der Waals surface area contributed by atoms with Crippen LogP contribution in [0.15, 0.2) is 22.7 Å². The summed E-state index contributed by atoms with van der Waals surface area (Å²) < 4.78 is 37.1. The maximum absolute atomic E-state index is 12.3. The molecule has 0 bridgehead atoms. The molecule has 0 amide bonds. The van der Waals surface area contributed by atoms with Crippen LogP contribution in [0.2, 0.25) is 5.02 Å². The molecule has 1 aromatic carbocycles. The molecule has 1 atom stereocenters. The third-order valence-electron chi connectivity index (χ3n) is 1.65. The number of rotatable bonds is 1. The Morgan fingerprint density at radius 1 is 1.36 bits per heavy atom. The van der Waals surface area contributed by atoms with Gasteiger partial charge in [-0.15, -0.1) is 0 Å². The number of alkyl halides is 3. The minimum absolute atomic E-state index is 0.0648. The fraction of sp³-hybridized carbons (Fsp3) is 0.250. The molecule has 0 heterocycles. The molecule has 1 rings (SSSR count). The third-order valence-corrected chi connectivity index (χ3v) is 2.60. The van der Waals surface area contributed by atoms with Crippen LogP contribution in [0.1, 0.15) is 11.6 Å². The molecule has 78 valence electrons. The van der Waals surface area contributed by atoms with E-state index in [-0.39, 0.29) is 10.6 Å². The highest BCUT2D eigenvalue weighted by Gasteiger charge is 2.38. The first-order valence-corrected chi connectivity index (χ1v) is 4.76. The van der Waals surface area contributed by atoms with Crippen LogP contribution in [0.3, 0.4) is 0 Å². The van der Waals surface area contributed by atoms with Crippen molar-refractivity contribution in [2.75, 3.05) is 0 Å². The zero-order valence-electron chi connectivity index (χ0n) is 6.78. The molecule has 2 N–H and O–H groups in total. The number of nitrogens with two attached hydrogens (primary N) is 1. The van der Waals surface area contributed by atoms with Gasteiger partial charge in [-0.3, -0.25) is 0 Å². The van der Waals surface area contributed by atoms with E-state index in [4.69, 9.17) is 17.3 Å². The SMILES string of the molecule is N[C@H](c1cc(Cl)ccc1Br)C(F)(F)F. The second-order valence-corrected chi connectivity index (χ2v) is 3.98. The molecular formula is C8H6BrClF3N. The molecule has 14 heavy (non-hydrogen) atoms. The van der Waals surface area contributed by atoms with Gasteiger partial charge in [0.2, 0.25) is 0 Å². The molecule has 1 nitrogen and oxygen atoms in total. The van der Waals surface area contributed by atoms with Crippen LogP contribution in [0.25, 0.3) is 0 Å². The van der Waals surface area contributed by atoms with Crippen LogP contribution in [-0.4, -0.2) is 6.18 Å². The van der Waals surface area contributed by atoms with Crippen molar-refractivity contribution in [1.29, 1.82) is 0 Å². The molecule has 0 radical (unpaired) electrons. The molecule has 0 spiro atoms. The van der Waals surface area contributed by atoms with Crippen LogP contribution in [0.4, 0.5) is 13.2 Å². The van der Waals surface area contributed by atoms with Gasteiger partial charge >= 0.3 is 6.18 Å². The van der Waals surface area contributed by atoms with Gasteiger partial charge in [0.15, 0.2) is 0 Å². The van der Waals surface area contributed by atoms with Crippen LogP contribution in [0, 0.1) is 0 Å². The summed E-state index contributed by atoms with van der Waals surface area (Å²) in [5, 5.41) is 0.225. The Balaban J connectivity index is 3.12. The Labute approximate surface area is 92.2 Å². The fourth-order valence-electron chi connectivity index (χ4n) is 0.929. The predicted molar refractivity (Wildman–Crippen MR) is 52.1 cm³/mol. The molecule has 0 aliphatic carbocycles. The van der Waals surface area contributed by atoms with Gasteiger partial charge in [-0.05, 0) is 23.8 Å². The minimum atomic E-state index is -4.47. The van der Waals surface area contributed by atoms with Crippen molar-refractivity contribution in [3.05, 3.63) is 33.3 Å². The van der Waals surface area contributed by atoms with Gasteiger partial charge in [0.05, 0.1) is 0 Å². The normalized spacial score (nSPS) is 14.1. The zero-order chi connectivity index (χ0) is 10.9. The van der Waals surface area contributed by atoms with Crippen molar-refractivity contribution in [2.24, 2.45) is 5.73 Å². The van der Waals surface area contributed by atoms with Crippen molar-refractivity contribution in [3.63, 3.8) is 0 Å². The van der Waals surface area contributed by atoms with E-state index in [0.29, 0.717) is 4.47 Å². The quantitative estimate of drug-likeness (QED) is 0.838. The summed E-state index contributed by atoms with van der Waals surface area (Å²) in [7, 11) is 0. The summed E-state index contributed by atoms with van der Waals surface area (Å²) in [6.45, 7) is 0. The lowest BCUT2D eigenvalue weighted by molar-refractivity contribution is -0.149. The lowest BCUT2D eigenvalue weighted by Crippen LogP contribution is -2.28. The summed E-state index contributed by atoms with van der Waals surface area (Å²) >= 11 is 8.55. The smallest absolute Gasteiger partial charge is 0.316 e. The van der Waals surface area contributed by atoms with E-state index < -0.39 is 12.2 Å². The van der Waals surface area contributed by atoms with Crippen LogP contribution < -0.4 is 5.73 Å². The maximum atomic E-state index is 12.3. The van der Waals surface area contributed by atoms with Crippen LogP contribution >= 0.6 is 27.5 Å². The molecular weight excluding hydrogens is 282 g/mol. The van der Waals surface area contributed by atoms with Crippen LogP contribution in [-0.2, 0) is 0 Å². The Morgan fingerprint density at radius 2 is 1.93 bits per heavy atom. The Bertz CT molecular complexity index is 340. The number of benzene rings is 1. The van der Waals surface area contributed by atoms with Gasteiger partial charge in [0.1, 0.15) is 6.04 Å². The van der Waals surface area contributed by atoms with Crippen molar-refractivity contribution >= 4 is 27.5 Å². The molecule has 0 aliphatic rings. The Morgan fingerprint density at radius 3 is 2.43 bits per heavy atom. The lowest BCUT2D eigenvalue weighted by Gasteiger charge is -2.17. The Hall–Kier alpha value is -0.260. The molecule has 6 heteroatoms. The van der Waals surface area contributed by atoms with Gasteiger partial charge in [0.25, 0.3) is 0 Å². The maximum Gasteiger partial charge on any atom is 0.407 e. The summed E-state index contributed by atoms with van der Waals surface area (Å²) in [5.74, 6) is 0. The standard InChI is InChI=1S/C8H6BrClF3N/c9-6-2-1-4(10)3-5(6)7(14)8(11,12)13/h1-3,7H,14H2/t7-/m1/s1. The van der Waals surface area contributed by atoms with Crippen molar-refractivity contribution in [1.82, 2.24) is 0 Å². The molecule has 0 aromatic heterocycles.